The molecular formula is C9H14ClN3O. The molecule has 1 amide bonds. The van der Waals surface area contributed by atoms with Crippen molar-refractivity contribution in [3.05, 3.63) is 16.9 Å². The average Bonchev–Trinajstić information content (AvgIpc) is 2.55. The largest absolute Gasteiger partial charge is 0.350 e. The van der Waals surface area contributed by atoms with E-state index in [0.29, 0.717) is 18.0 Å². The molecule has 1 N–H and O–H groups in total. The van der Waals surface area contributed by atoms with Crippen LogP contribution in [0.4, 0.5) is 0 Å². The number of aryl methyl sites for hydroxylation is 1. The van der Waals surface area contributed by atoms with Crippen molar-refractivity contribution in [3.8, 4) is 0 Å². The molecule has 5 heteroatoms. The van der Waals surface area contributed by atoms with Crippen molar-refractivity contribution in [1.29, 1.82) is 0 Å². The summed E-state index contributed by atoms with van der Waals surface area (Å²) < 4.78 is 1.78. The standard InChI is InChI=1S/C9H14ClN3O/c1-3-9(14)11-6-8-7(10)5-12-13(8)4-2/h5H,3-4,6H2,1-2H3,(H,11,14). The van der Waals surface area contributed by atoms with Crippen LogP contribution >= 0.6 is 11.6 Å². The summed E-state index contributed by atoms with van der Waals surface area (Å²) in [7, 11) is 0. The minimum Gasteiger partial charge on any atom is -0.350 e. The average molecular weight is 216 g/mol. The quantitative estimate of drug-likeness (QED) is 0.829. The number of hydrogen-bond acceptors (Lipinski definition) is 2. The maximum atomic E-state index is 11.0. The lowest BCUT2D eigenvalue weighted by Gasteiger charge is -2.06. The molecule has 4 nitrogen and oxygen atoms in total. The fourth-order valence-electron chi connectivity index (χ4n) is 1.14. The lowest BCUT2D eigenvalue weighted by Crippen LogP contribution is -2.23. The minimum atomic E-state index is 0.0184. The van der Waals surface area contributed by atoms with E-state index in [4.69, 9.17) is 11.6 Å². The monoisotopic (exact) mass is 215 g/mol. The predicted octanol–water partition coefficient (Wildman–Crippen LogP) is 1.58. The van der Waals surface area contributed by atoms with Gasteiger partial charge in [-0.2, -0.15) is 5.10 Å². The molecule has 1 heterocycles. The van der Waals surface area contributed by atoms with Gasteiger partial charge in [-0.25, -0.2) is 0 Å². The van der Waals surface area contributed by atoms with E-state index in [9.17, 15) is 4.79 Å². The Morgan fingerprint density at radius 2 is 2.36 bits per heavy atom. The highest BCUT2D eigenvalue weighted by molar-refractivity contribution is 6.31. The van der Waals surface area contributed by atoms with Crippen molar-refractivity contribution >= 4 is 17.5 Å². The molecular weight excluding hydrogens is 202 g/mol. The number of nitrogens with one attached hydrogen (secondary N) is 1. The second kappa shape index (κ2) is 5.00. The van der Waals surface area contributed by atoms with E-state index in [0.717, 1.165) is 12.2 Å². The van der Waals surface area contributed by atoms with Crippen LogP contribution in [0.1, 0.15) is 26.0 Å². The van der Waals surface area contributed by atoms with Crippen molar-refractivity contribution < 1.29 is 4.79 Å². The van der Waals surface area contributed by atoms with E-state index >= 15 is 0 Å². The summed E-state index contributed by atoms with van der Waals surface area (Å²) in [5.74, 6) is 0.0184. The number of aromatic nitrogens is 2. The third-order valence-corrected chi connectivity index (χ3v) is 2.29. The molecule has 0 aliphatic rings. The van der Waals surface area contributed by atoms with Crippen LogP contribution in [-0.4, -0.2) is 15.7 Å². The fourth-order valence-corrected chi connectivity index (χ4v) is 1.35. The minimum absolute atomic E-state index is 0.0184. The Labute approximate surface area is 88.2 Å². The Morgan fingerprint density at radius 1 is 1.64 bits per heavy atom. The molecule has 0 saturated heterocycles. The summed E-state index contributed by atoms with van der Waals surface area (Å²) in [6.07, 6.45) is 2.08. The van der Waals surface area contributed by atoms with Crippen molar-refractivity contribution in [2.24, 2.45) is 0 Å². The molecule has 0 fully saturated rings. The van der Waals surface area contributed by atoms with Gasteiger partial charge in [-0.1, -0.05) is 18.5 Å². The SMILES string of the molecule is CCC(=O)NCc1c(Cl)cnn1CC. The molecule has 1 rings (SSSR count). The van der Waals surface area contributed by atoms with Gasteiger partial charge < -0.3 is 5.32 Å². The normalized spacial score (nSPS) is 10.2. The molecule has 1 aromatic heterocycles. The summed E-state index contributed by atoms with van der Waals surface area (Å²) in [5.41, 5.74) is 0.857. The van der Waals surface area contributed by atoms with Gasteiger partial charge in [0.25, 0.3) is 0 Å². The molecule has 0 spiro atoms. The molecule has 0 aliphatic heterocycles. The van der Waals surface area contributed by atoms with E-state index in [1.165, 1.54) is 0 Å². The molecule has 1 aromatic rings. The first-order valence-electron chi connectivity index (χ1n) is 4.65. The predicted molar refractivity (Wildman–Crippen MR) is 55.0 cm³/mol. The number of carbonyl (C=O) groups is 1. The second-order valence-corrected chi connectivity index (χ2v) is 3.29. The molecule has 0 atom stereocenters. The van der Waals surface area contributed by atoms with Gasteiger partial charge in [-0.15, -0.1) is 0 Å². The van der Waals surface area contributed by atoms with E-state index in [-0.39, 0.29) is 5.91 Å². The summed E-state index contributed by atoms with van der Waals surface area (Å²) >= 11 is 5.92. The summed E-state index contributed by atoms with van der Waals surface area (Å²) in [6, 6.07) is 0. The van der Waals surface area contributed by atoms with Crippen LogP contribution in [-0.2, 0) is 17.9 Å². The van der Waals surface area contributed by atoms with Gasteiger partial charge in [0.1, 0.15) is 0 Å². The number of hydrogen-bond donors (Lipinski definition) is 1. The van der Waals surface area contributed by atoms with Crippen molar-refractivity contribution in [2.45, 2.75) is 33.4 Å². The highest BCUT2D eigenvalue weighted by atomic mass is 35.5. The summed E-state index contributed by atoms with van der Waals surface area (Å²) in [4.78, 5) is 11.0. The molecule has 0 radical (unpaired) electrons. The zero-order valence-corrected chi connectivity index (χ0v) is 9.14. The summed E-state index contributed by atoms with van der Waals surface area (Å²) in [5, 5.41) is 7.44. The lowest BCUT2D eigenvalue weighted by atomic mass is 10.4. The van der Waals surface area contributed by atoms with Crippen LogP contribution < -0.4 is 5.32 Å². The number of rotatable bonds is 4. The van der Waals surface area contributed by atoms with Crippen molar-refractivity contribution in [1.82, 2.24) is 15.1 Å². The topological polar surface area (TPSA) is 46.9 Å². The van der Waals surface area contributed by atoms with Crippen LogP contribution in [0.2, 0.25) is 5.02 Å². The van der Waals surface area contributed by atoms with E-state index in [1.54, 1.807) is 10.9 Å². The molecule has 0 saturated carbocycles. The van der Waals surface area contributed by atoms with Crippen molar-refractivity contribution in [3.63, 3.8) is 0 Å². The smallest absolute Gasteiger partial charge is 0.220 e. The van der Waals surface area contributed by atoms with Gasteiger partial charge in [0.2, 0.25) is 5.91 Å². The fraction of sp³-hybridized carbons (Fsp3) is 0.556. The number of halogens is 1. The molecule has 0 aliphatic carbocycles. The van der Waals surface area contributed by atoms with E-state index in [2.05, 4.69) is 10.4 Å². The Kier molecular flexibility index (Phi) is 3.95. The lowest BCUT2D eigenvalue weighted by molar-refractivity contribution is -0.120. The van der Waals surface area contributed by atoms with Gasteiger partial charge in [-0.05, 0) is 6.92 Å². The van der Waals surface area contributed by atoms with Crippen molar-refractivity contribution in [2.75, 3.05) is 0 Å². The van der Waals surface area contributed by atoms with E-state index in [1.807, 2.05) is 13.8 Å². The molecule has 0 aromatic carbocycles. The van der Waals surface area contributed by atoms with Gasteiger partial charge in [-0.3, -0.25) is 9.48 Å². The maximum Gasteiger partial charge on any atom is 0.220 e. The first-order chi connectivity index (χ1) is 6.69. The maximum absolute atomic E-state index is 11.0. The molecule has 14 heavy (non-hydrogen) atoms. The molecule has 78 valence electrons. The number of amides is 1. The number of nitrogens with zero attached hydrogens (tertiary/aromatic N) is 2. The molecule has 0 bridgehead atoms. The first-order valence-corrected chi connectivity index (χ1v) is 5.03. The van der Waals surface area contributed by atoms with Crippen LogP contribution in [0.25, 0.3) is 0 Å². The Bertz CT molecular complexity index is 322. The summed E-state index contributed by atoms with van der Waals surface area (Å²) in [6.45, 7) is 4.99. The van der Waals surface area contributed by atoms with Gasteiger partial charge in [0.05, 0.1) is 23.5 Å². The Morgan fingerprint density at radius 3 is 2.93 bits per heavy atom. The van der Waals surface area contributed by atoms with Gasteiger partial charge in [0, 0.05) is 13.0 Å². The second-order valence-electron chi connectivity index (χ2n) is 2.89. The zero-order chi connectivity index (χ0) is 10.6. The van der Waals surface area contributed by atoms with Crippen LogP contribution in [0.5, 0.6) is 0 Å². The van der Waals surface area contributed by atoms with Crippen LogP contribution in [0.3, 0.4) is 0 Å². The van der Waals surface area contributed by atoms with Gasteiger partial charge >= 0.3 is 0 Å². The highest BCUT2D eigenvalue weighted by Gasteiger charge is 2.08. The third-order valence-electron chi connectivity index (χ3n) is 1.97. The molecule has 0 unspecified atom stereocenters. The first kappa shape index (κ1) is 11.0. The Hall–Kier alpha value is -1.03. The number of carbonyl (C=O) groups excluding carboxylic acids is 1. The third kappa shape index (κ3) is 2.48. The van der Waals surface area contributed by atoms with Gasteiger partial charge in [0.15, 0.2) is 0 Å². The zero-order valence-electron chi connectivity index (χ0n) is 8.38. The van der Waals surface area contributed by atoms with Crippen LogP contribution in [0, 0.1) is 0 Å². The Balaban J connectivity index is 2.65. The highest BCUT2D eigenvalue weighted by Crippen LogP contribution is 2.14. The van der Waals surface area contributed by atoms with Crippen LogP contribution in [0.15, 0.2) is 6.20 Å². The van der Waals surface area contributed by atoms with E-state index < -0.39 is 0 Å².